The van der Waals surface area contributed by atoms with Crippen molar-refractivity contribution in [2.75, 3.05) is 6.16 Å². The van der Waals surface area contributed by atoms with Crippen molar-refractivity contribution < 1.29 is 9.46 Å². The molecule has 0 aliphatic rings. The topological polar surface area (TPSA) is 66.0 Å². The number of imidazole rings is 1. The lowest BCUT2D eigenvalue weighted by atomic mass is 10.2. The average Bonchev–Trinajstić information content (AvgIpc) is 2.87. The number of aromatic nitrogens is 2. The summed E-state index contributed by atoms with van der Waals surface area (Å²) in [4.78, 5) is 17.6. The molecule has 1 aromatic heterocycles. The molecule has 4 nitrogen and oxygen atoms in total. The van der Waals surface area contributed by atoms with Crippen LogP contribution in [0.2, 0.25) is 0 Å². The molecule has 108 valence electrons. The van der Waals surface area contributed by atoms with Crippen molar-refractivity contribution in [2.24, 2.45) is 0 Å². The number of nitrogens with zero attached hydrogens (tertiary/aromatic N) is 1. The van der Waals surface area contributed by atoms with Crippen molar-refractivity contribution in [1.82, 2.24) is 9.97 Å². The fraction of sp³-hybridized carbons (Fsp3) is 0.188. The molecule has 21 heavy (non-hydrogen) atoms. The largest absolute Gasteiger partial charge is 0.344 e. The van der Waals surface area contributed by atoms with Crippen LogP contribution >= 0.6 is 7.37 Å². The summed E-state index contributed by atoms with van der Waals surface area (Å²) in [7, 11) is -3.23. The number of aryl methyl sites for hydroxylation is 1. The molecule has 0 spiro atoms. The Hall–Kier alpha value is -1.90. The van der Waals surface area contributed by atoms with Gasteiger partial charge >= 0.3 is 0 Å². The second-order valence-electron chi connectivity index (χ2n) is 5.16. The number of fused-ring (bicyclic) bond motifs is 1. The van der Waals surface area contributed by atoms with Crippen LogP contribution in [-0.4, -0.2) is 21.0 Å². The van der Waals surface area contributed by atoms with Crippen LogP contribution < -0.4 is 0 Å². The summed E-state index contributed by atoms with van der Waals surface area (Å²) < 4.78 is 12.3. The highest BCUT2D eigenvalue weighted by Crippen LogP contribution is 2.44. The molecule has 0 radical (unpaired) electrons. The van der Waals surface area contributed by atoms with Crippen LogP contribution in [0.1, 0.15) is 11.4 Å². The van der Waals surface area contributed by atoms with E-state index in [-0.39, 0.29) is 12.3 Å². The van der Waals surface area contributed by atoms with Crippen LogP contribution in [0.5, 0.6) is 0 Å². The quantitative estimate of drug-likeness (QED) is 0.708. The first-order valence-electron chi connectivity index (χ1n) is 6.91. The van der Waals surface area contributed by atoms with Gasteiger partial charge in [-0.05, 0) is 24.1 Å². The third-order valence-corrected chi connectivity index (χ3v) is 5.14. The lowest BCUT2D eigenvalue weighted by molar-refractivity contribution is 0.475. The number of para-hydroxylation sites is 2. The molecule has 2 aromatic carbocycles. The predicted octanol–water partition coefficient (Wildman–Crippen LogP) is 3.58. The second-order valence-corrected chi connectivity index (χ2v) is 7.62. The van der Waals surface area contributed by atoms with Gasteiger partial charge in [-0.3, -0.25) is 4.57 Å². The zero-order chi connectivity index (χ0) is 14.7. The summed E-state index contributed by atoms with van der Waals surface area (Å²) in [5.74, 6) is 0.579. The lowest BCUT2D eigenvalue weighted by Crippen LogP contribution is -1.98. The number of aromatic amines is 1. The molecule has 5 heteroatoms. The third-order valence-electron chi connectivity index (χ3n) is 3.43. The number of rotatable bonds is 5. The average molecular weight is 300 g/mol. The summed E-state index contributed by atoms with van der Waals surface area (Å²) in [5, 5.41) is 0. The molecule has 0 amide bonds. The van der Waals surface area contributed by atoms with Gasteiger partial charge in [-0.15, -0.1) is 0 Å². The molecule has 1 unspecified atom stereocenters. The summed E-state index contributed by atoms with van der Waals surface area (Å²) in [6.07, 6.45) is 0.970. The fourth-order valence-corrected chi connectivity index (χ4v) is 3.73. The van der Waals surface area contributed by atoms with Crippen LogP contribution in [0.25, 0.3) is 11.0 Å². The Bertz CT molecular complexity index is 750. The maximum atomic E-state index is 12.3. The van der Waals surface area contributed by atoms with Crippen molar-refractivity contribution in [3.05, 3.63) is 66.0 Å². The summed E-state index contributed by atoms with van der Waals surface area (Å²) >= 11 is 0. The minimum absolute atomic E-state index is 0.0918. The van der Waals surface area contributed by atoms with E-state index in [1.807, 2.05) is 54.6 Å². The summed E-state index contributed by atoms with van der Waals surface area (Å²) in [5.41, 5.74) is 2.81. The van der Waals surface area contributed by atoms with E-state index in [1.165, 1.54) is 0 Å². The molecule has 0 bridgehead atoms. The van der Waals surface area contributed by atoms with E-state index in [0.29, 0.717) is 12.2 Å². The van der Waals surface area contributed by atoms with Gasteiger partial charge in [-0.2, -0.15) is 0 Å². The number of nitrogens with one attached hydrogen (secondary N) is 1. The van der Waals surface area contributed by atoms with Gasteiger partial charge in [-0.1, -0.05) is 42.5 Å². The van der Waals surface area contributed by atoms with Crippen molar-refractivity contribution >= 4 is 18.4 Å². The normalized spacial score (nSPS) is 14.1. The molecule has 0 fully saturated rings. The molecule has 0 saturated heterocycles. The highest BCUT2D eigenvalue weighted by atomic mass is 31.2. The molecule has 0 aliphatic carbocycles. The van der Waals surface area contributed by atoms with E-state index in [1.54, 1.807) is 0 Å². The van der Waals surface area contributed by atoms with Gasteiger partial charge in [0.1, 0.15) is 5.82 Å². The Morgan fingerprint density at radius 3 is 2.52 bits per heavy atom. The molecular formula is C16H17N2O2P. The second kappa shape index (κ2) is 5.84. The minimum atomic E-state index is -3.23. The standard InChI is InChI=1S/C16H17N2O2P/c19-21(20,11-10-13-6-2-1-3-7-13)12-16-17-14-8-4-5-9-15(14)18-16/h1-9H,10-12H2,(H,17,18)(H,19,20). The Balaban J connectivity index is 1.69. The van der Waals surface area contributed by atoms with Crippen molar-refractivity contribution in [3.8, 4) is 0 Å². The number of benzene rings is 2. The smallest absolute Gasteiger partial charge is 0.208 e. The summed E-state index contributed by atoms with van der Waals surface area (Å²) in [6, 6.07) is 17.4. The van der Waals surface area contributed by atoms with E-state index in [9.17, 15) is 9.46 Å². The SMILES string of the molecule is O=P(O)(CCc1ccccc1)Cc1nc2ccccc2[nH]1. The number of H-pyrrole nitrogens is 1. The first-order valence-corrected chi connectivity index (χ1v) is 8.94. The van der Waals surface area contributed by atoms with E-state index >= 15 is 0 Å². The maximum absolute atomic E-state index is 12.3. The van der Waals surface area contributed by atoms with Crippen molar-refractivity contribution in [2.45, 2.75) is 12.6 Å². The molecule has 0 aliphatic heterocycles. The predicted molar refractivity (Wildman–Crippen MR) is 84.6 cm³/mol. The van der Waals surface area contributed by atoms with Gasteiger partial charge in [0.25, 0.3) is 0 Å². The zero-order valence-electron chi connectivity index (χ0n) is 11.6. The van der Waals surface area contributed by atoms with E-state index in [0.717, 1.165) is 16.6 Å². The van der Waals surface area contributed by atoms with E-state index in [4.69, 9.17) is 0 Å². The van der Waals surface area contributed by atoms with Gasteiger partial charge in [-0.25, -0.2) is 4.98 Å². The number of hydrogen-bond acceptors (Lipinski definition) is 2. The van der Waals surface area contributed by atoms with Crippen LogP contribution in [0.4, 0.5) is 0 Å². The van der Waals surface area contributed by atoms with Crippen LogP contribution in [0.15, 0.2) is 54.6 Å². The lowest BCUT2D eigenvalue weighted by Gasteiger charge is -2.09. The van der Waals surface area contributed by atoms with Gasteiger partial charge in [0.05, 0.1) is 17.2 Å². The zero-order valence-corrected chi connectivity index (χ0v) is 12.5. The van der Waals surface area contributed by atoms with Crippen molar-refractivity contribution in [3.63, 3.8) is 0 Å². The summed E-state index contributed by atoms with van der Waals surface area (Å²) in [6.45, 7) is 0. The molecule has 1 heterocycles. The maximum Gasteiger partial charge on any atom is 0.208 e. The molecular weight excluding hydrogens is 283 g/mol. The monoisotopic (exact) mass is 300 g/mol. The van der Waals surface area contributed by atoms with Crippen LogP contribution in [-0.2, 0) is 17.1 Å². The number of hydrogen-bond donors (Lipinski definition) is 2. The van der Waals surface area contributed by atoms with Crippen molar-refractivity contribution in [1.29, 1.82) is 0 Å². The Morgan fingerprint density at radius 2 is 1.76 bits per heavy atom. The van der Waals surface area contributed by atoms with Gasteiger partial charge in [0.15, 0.2) is 0 Å². The Morgan fingerprint density at radius 1 is 1.05 bits per heavy atom. The van der Waals surface area contributed by atoms with Crippen LogP contribution in [0, 0.1) is 0 Å². The Labute approximate surface area is 123 Å². The molecule has 0 saturated carbocycles. The molecule has 1 atom stereocenters. The third kappa shape index (κ3) is 3.60. The molecule has 3 aromatic rings. The van der Waals surface area contributed by atoms with Gasteiger partial charge in [0, 0.05) is 6.16 Å². The first kappa shape index (κ1) is 14.1. The highest BCUT2D eigenvalue weighted by Gasteiger charge is 2.20. The Kier molecular flexibility index (Phi) is 3.91. The van der Waals surface area contributed by atoms with Crippen LogP contribution in [0.3, 0.4) is 0 Å². The molecule has 2 N–H and O–H groups in total. The van der Waals surface area contributed by atoms with E-state index < -0.39 is 7.37 Å². The highest BCUT2D eigenvalue weighted by molar-refractivity contribution is 7.57. The van der Waals surface area contributed by atoms with Gasteiger partial charge < -0.3 is 9.88 Å². The fourth-order valence-electron chi connectivity index (χ4n) is 2.34. The first-order chi connectivity index (χ1) is 10.1. The minimum Gasteiger partial charge on any atom is -0.344 e. The van der Waals surface area contributed by atoms with Gasteiger partial charge in [0.2, 0.25) is 7.37 Å². The molecule has 3 rings (SSSR count). The van der Waals surface area contributed by atoms with E-state index in [2.05, 4.69) is 9.97 Å².